The van der Waals surface area contributed by atoms with Crippen LogP contribution in [0, 0.1) is 0 Å². The van der Waals surface area contributed by atoms with Crippen LogP contribution < -0.4 is 15.4 Å². The average molecular weight is 266 g/mol. The van der Waals surface area contributed by atoms with Gasteiger partial charge in [0, 0.05) is 19.6 Å². The minimum absolute atomic E-state index is 0.0352. The van der Waals surface area contributed by atoms with Crippen LogP contribution in [-0.4, -0.2) is 36.8 Å². The number of ether oxygens (including phenoxy) is 1. The van der Waals surface area contributed by atoms with E-state index in [1.54, 1.807) is 6.92 Å². The van der Waals surface area contributed by atoms with Crippen molar-refractivity contribution in [2.75, 3.05) is 19.7 Å². The van der Waals surface area contributed by atoms with Gasteiger partial charge in [0.25, 0.3) is 5.91 Å². The quantitative estimate of drug-likeness (QED) is 0.647. The number of aliphatic hydroxyl groups excluding tert-OH is 1. The van der Waals surface area contributed by atoms with Crippen LogP contribution in [0.15, 0.2) is 24.3 Å². The van der Waals surface area contributed by atoms with Gasteiger partial charge in [-0.3, -0.25) is 4.79 Å². The predicted molar refractivity (Wildman–Crippen MR) is 74.0 cm³/mol. The Balaban J connectivity index is 2.33. The number of nitrogens with one attached hydrogen (secondary N) is 2. The molecular formula is C14H22N2O3. The molecule has 1 amide bonds. The summed E-state index contributed by atoms with van der Waals surface area (Å²) in [5.74, 6) is 0.552. The lowest BCUT2D eigenvalue weighted by molar-refractivity contribution is -0.122. The molecule has 1 aromatic carbocycles. The summed E-state index contributed by atoms with van der Waals surface area (Å²) in [6.45, 7) is 5.51. The molecule has 3 N–H and O–H groups in total. The van der Waals surface area contributed by atoms with Crippen molar-refractivity contribution in [3.63, 3.8) is 0 Å². The Morgan fingerprint density at radius 3 is 2.63 bits per heavy atom. The van der Waals surface area contributed by atoms with Crippen molar-refractivity contribution in [3.05, 3.63) is 29.8 Å². The predicted octanol–water partition coefficient (Wildman–Crippen LogP) is 0.672. The molecular weight excluding hydrogens is 244 g/mol. The molecule has 0 fully saturated rings. The van der Waals surface area contributed by atoms with E-state index < -0.39 is 0 Å². The normalized spacial score (nSPS) is 11.9. The van der Waals surface area contributed by atoms with Gasteiger partial charge in [0.2, 0.25) is 0 Å². The molecule has 5 nitrogen and oxygen atoms in total. The molecule has 1 rings (SSSR count). The number of rotatable bonds is 8. The monoisotopic (exact) mass is 266 g/mol. The first-order valence-electron chi connectivity index (χ1n) is 6.49. The minimum Gasteiger partial charge on any atom is -0.484 e. The van der Waals surface area contributed by atoms with Gasteiger partial charge in [-0.2, -0.15) is 0 Å². The van der Waals surface area contributed by atoms with E-state index >= 15 is 0 Å². The first-order chi connectivity index (χ1) is 9.11. The fraction of sp³-hybridized carbons (Fsp3) is 0.500. The third-order valence-electron chi connectivity index (χ3n) is 2.44. The standard InChI is InChI=1S/C14H22N2O3/c1-3-16-14(18)10-19-13-6-4-12(5-7-13)9-15-8-11(2)17/h4-7,11,15,17H,3,8-10H2,1-2H3,(H,16,18). The zero-order valence-corrected chi connectivity index (χ0v) is 11.5. The Bertz CT molecular complexity index is 377. The van der Waals surface area contributed by atoms with Crippen LogP contribution in [0.5, 0.6) is 5.75 Å². The third kappa shape index (κ3) is 6.79. The van der Waals surface area contributed by atoms with Crippen molar-refractivity contribution < 1.29 is 14.6 Å². The molecule has 0 radical (unpaired) electrons. The van der Waals surface area contributed by atoms with Crippen LogP contribution in [0.25, 0.3) is 0 Å². The number of benzene rings is 1. The van der Waals surface area contributed by atoms with Crippen LogP contribution in [0.1, 0.15) is 19.4 Å². The van der Waals surface area contributed by atoms with Crippen LogP contribution in [0.3, 0.4) is 0 Å². The average Bonchev–Trinajstić information content (AvgIpc) is 2.38. The fourth-order valence-electron chi connectivity index (χ4n) is 1.53. The Hall–Kier alpha value is -1.59. The third-order valence-corrected chi connectivity index (χ3v) is 2.44. The van der Waals surface area contributed by atoms with Crippen molar-refractivity contribution >= 4 is 5.91 Å². The second-order valence-corrected chi connectivity index (χ2v) is 4.37. The molecule has 0 aromatic heterocycles. The van der Waals surface area contributed by atoms with E-state index in [1.807, 2.05) is 31.2 Å². The fourth-order valence-corrected chi connectivity index (χ4v) is 1.53. The second kappa shape index (κ2) is 8.50. The first-order valence-corrected chi connectivity index (χ1v) is 6.49. The van der Waals surface area contributed by atoms with Gasteiger partial charge in [0.05, 0.1) is 6.10 Å². The maximum atomic E-state index is 11.2. The zero-order valence-electron chi connectivity index (χ0n) is 11.5. The summed E-state index contributed by atoms with van der Waals surface area (Å²) in [6.07, 6.45) is -0.348. The summed E-state index contributed by atoms with van der Waals surface area (Å²) >= 11 is 0. The Kier molecular flexibility index (Phi) is 6.92. The molecule has 106 valence electrons. The van der Waals surface area contributed by atoms with Crippen molar-refractivity contribution in [1.29, 1.82) is 0 Å². The highest BCUT2D eigenvalue weighted by Gasteiger charge is 2.01. The number of hydrogen-bond donors (Lipinski definition) is 3. The molecule has 1 aromatic rings. The highest BCUT2D eigenvalue weighted by Crippen LogP contribution is 2.11. The van der Waals surface area contributed by atoms with Crippen LogP contribution in [-0.2, 0) is 11.3 Å². The van der Waals surface area contributed by atoms with Crippen molar-refractivity contribution in [2.45, 2.75) is 26.5 Å². The van der Waals surface area contributed by atoms with E-state index in [4.69, 9.17) is 9.84 Å². The van der Waals surface area contributed by atoms with Gasteiger partial charge in [-0.15, -0.1) is 0 Å². The smallest absolute Gasteiger partial charge is 0.257 e. The molecule has 0 spiro atoms. The maximum absolute atomic E-state index is 11.2. The molecule has 0 aliphatic carbocycles. The van der Waals surface area contributed by atoms with E-state index in [1.165, 1.54) is 0 Å². The molecule has 5 heteroatoms. The highest BCUT2D eigenvalue weighted by atomic mass is 16.5. The molecule has 0 aliphatic heterocycles. The van der Waals surface area contributed by atoms with E-state index in [2.05, 4.69) is 10.6 Å². The molecule has 0 saturated heterocycles. The SMILES string of the molecule is CCNC(=O)COc1ccc(CNCC(C)O)cc1. The van der Waals surface area contributed by atoms with Gasteiger partial charge in [-0.05, 0) is 31.5 Å². The van der Waals surface area contributed by atoms with Gasteiger partial charge in [0.1, 0.15) is 5.75 Å². The van der Waals surface area contributed by atoms with Gasteiger partial charge >= 0.3 is 0 Å². The summed E-state index contributed by atoms with van der Waals surface area (Å²) in [6, 6.07) is 7.53. The number of aliphatic hydroxyl groups is 1. The number of carbonyl (C=O) groups is 1. The first kappa shape index (κ1) is 15.5. The van der Waals surface area contributed by atoms with E-state index in [-0.39, 0.29) is 18.6 Å². The molecule has 0 bridgehead atoms. The molecule has 0 saturated carbocycles. The lowest BCUT2D eigenvalue weighted by atomic mass is 10.2. The lowest BCUT2D eigenvalue weighted by Gasteiger charge is -2.09. The van der Waals surface area contributed by atoms with Gasteiger partial charge < -0.3 is 20.5 Å². The summed E-state index contributed by atoms with van der Waals surface area (Å²) < 4.78 is 5.35. The van der Waals surface area contributed by atoms with Crippen LogP contribution >= 0.6 is 0 Å². The van der Waals surface area contributed by atoms with Crippen molar-refractivity contribution in [3.8, 4) is 5.75 Å². The summed E-state index contributed by atoms with van der Waals surface area (Å²) in [7, 11) is 0. The van der Waals surface area contributed by atoms with Crippen LogP contribution in [0.4, 0.5) is 0 Å². The molecule has 1 atom stereocenters. The highest BCUT2D eigenvalue weighted by molar-refractivity contribution is 5.77. The van der Waals surface area contributed by atoms with E-state index in [0.717, 1.165) is 5.56 Å². The van der Waals surface area contributed by atoms with Crippen LogP contribution in [0.2, 0.25) is 0 Å². The number of amides is 1. The van der Waals surface area contributed by atoms with Gasteiger partial charge in [-0.1, -0.05) is 12.1 Å². The van der Waals surface area contributed by atoms with Gasteiger partial charge in [0.15, 0.2) is 6.61 Å². The van der Waals surface area contributed by atoms with E-state index in [0.29, 0.717) is 25.4 Å². The zero-order chi connectivity index (χ0) is 14.1. The van der Waals surface area contributed by atoms with Crippen molar-refractivity contribution in [1.82, 2.24) is 10.6 Å². The Morgan fingerprint density at radius 1 is 1.37 bits per heavy atom. The maximum Gasteiger partial charge on any atom is 0.257 e. The number of likely N-dealkylation sites (N-methyl/N-ethyl adjacent to an activating group) is 1. The summed E-state index contributed by atoms with van der Waals surface area (Å²) in [4.78, 5) is 11.2. The number of hydrogen-bond acceptors (Lipinski definition) is 4. The summed E-state index contributed by atoms with van der Waals surface area (Å²) in [5.41, 5.74) is 1.10. The van der Waals surface area contributed by atoms with E-state index in [9.17, 15) is 4.79 Å². The Labute approximate surface area is 114 Å². The molecule has 0 aliphatic rings. The molecule has 1 unspecified atom stereocenters. The van der Waals surface area contributed by atoms with Gasteiger partial charge in [-0.25, -0.2) is 0 Å². The minimum atomic E-state index is -0.348. The molecule has 0 heterocycles. The Morgan fingerprint density at radius 2 is 2.05 bits per heavy atom. The second-order valence-electron chi connectivity index (χ2n) is 4.37. The largest absolute Gasteiger partial charge is 0.484 e. The summed E-state index contributed by atoms with van der Waals surface area (Å²) in [5, 5.41) is 14.9. The number of carbonyl (C=O) groups excluding carboxylic acids is 1. The van der Waals surface area contributed by atoms with Crippen molar-refractivity contribution in [2.24, 2.45) is 0 Å². The lowest BCUT2D eigenvalue weighted by Crippen LogP contribution is -2.28. The molecule has 19 heavy (non-hydrogen) atoms. The topological polar surface area (TPSA) is 70.6 Å².